The number of amides is 1. The van der Waals surface area contributed by atoms with Crippen molar-refractivity contribution in [2.45, 2.75) is 31.6 Å². The number of benzene rings is 1. The number of oxazole rings is 1. The maximum absolute atomic E-state index is 12.0. The predicted molar refractivity (Wildman–Crippen MR) is 77.7 cm³/mol. The molecule has 21 heavy (non-hydrogen) atoms. The summed E-state index contributed by atoms with van der Waals surface area (Å²) in [5.74, 6) is 3.05. The van der Waals surface area contributed by atoms with Crippen molar-refractivity contribution in [2.24, 2.45) is 11.3 Å². The SMILES string of the molecule is O=C(Nc1ccc(-c2cnc(C3CC3)o2)cc1)C12CC1C2. The zero-order valence-corrected chi connectivity index (χ0v) is 11.6. The number of carbonyl (C=O) groups excluding carboxylic acids is 1. The molecule has 3 aliphatic carbocycles. The van der Waals surface area contributed by atoms with Gasteiger partial charge in [-0.05, 0) is 55.9 Å². The van der Waals surface area contributed by atoms with Crippen LogP contribution in [0.2, 0.25) is 0 Å². The molecule has 0 saturated heterocycles. The van der Waals surface area contributed by atoms with E-state index in [-0.39, 0.29) is 11.3 Å². The fraction of sp³-hybridized carbons (Fsp3) is 0.412. The van der Waals surface area contributed by atoms with Crippen LogP contribution < -0.4 is 5.32 Å². The van der Waals surface area contributed by atoms with Gasteiger partial charge in [-0.15, -0.1) is 0 Å². The summed E-state index contributed by atoms with van der Waals surface area (Å²) in [7, 11) is 0. The molecule has 1 heterocycles. The predicted octanol–water partition coefficient (Wildman–Crippen LogP) is 3.57. The summed E-state index contributed by atoms with van der Waals surface area (Å²) in [6, 6.07) is 7.81. The molecule has 2 aromatic rings. The highest BCUT2D eigenvalue weighted by Crippen LogP contribution is 2.75. The summed E-state index contributed by atoms with van der Waals surface area (Å²) in [5.41, 5.74) is 1.88. The van der Waals surface area contributed by atoms with Gasteiger partial charge in [-0.1, -0.05) is 0 Å². The summed E-state index contributed by atoms with van der Waals surface area (Å²) in [6.07, 6.45) is 6.33. The van der Waals surface area contributed by atoms with E-state index in [4.69, 9.17) is 4.42 Å². The molecule has 0 atom stereocenters. The molecule has 106 valence electrons. The molecule has 1 aromatic heterocycles. The standard InChI is InChI=1S/C17H16N2O2/c20-16(17-7-12(17)8-17)19-13-5-3-10(4-6-13)14-9-18-15(21-14)11-1-2-11/h3-6,9,11-12H,1-2,7-8H2,(H,19,20). The van der Waals surface area contributed by atoms with E-state index >= 15 is 0 Å². The van der Waals surface area contributed by atoms with E-state index in [1.165, 1.54) is 12.8 Å². The molecule has 4 heteroatoms. The van der Waals surface area contributed by atoms with Gasteiger partial charge >= 0.3 is 0 Å². The molecule has 0 bridgehead atoms. The number of hydrogen-bond acceptors (Lipinski definition) is 3. The fourth-order valence-electron chi connectivity index (χ4n) is 2.99. The van der Waals surface area contributed by atoms with Crippen molar-refractivity contribution in [3.63, 3.8) is 0 Å². The van der Waals surface area contributed by atoms with Crippen LogP contribution in [0.15, 0.2) is 34.9 Å². The average Bonchev–Trinajstić information content (AvgIpc) is 3.37. The fourth-order valence-corrected chi connectivity index (χ4v) is 2.99. The maximum atomic E-state index is 12.0. The Morgan fingerprint density at radius 1 is 1.24 bits per heavy atom. The number of fused-ring (bicyclic) bond motifs is 1. The Balaban J connectivity index is 1.32. The second-order valence-electron chi connectivity index (χ2n) is 6.63. The van der Waals surface area contributed by atoms with Gasteiger partial charge in [0.25, 0.3) is 0 Å². The third kappa shape index (κ3) is 1.82. The summed E-state index contributed by atoms with van der Waals surface area (Å²) in [4.78, 5) is 16.4. The minimum atomic E-state index is 0.0166. The van der Waals surface area contributed by atoms with Crippen LogP contribution in [0.4, 0.5) is 5.69 Å². The minimum Gasteiger partial charge on any atom is -0.440 e. The van der Waals surface area contributed by atoms with Gasteiger partial charge in [-0.25, -0.2) is 4.98 Å². The van der Waals surface area contributed by atoms with E-state index in [1.807, 2.05) is 24.3 Å². The van der Waals surface area contributed by atoms with Gasteiger partial charge in [0, 0.05) is 17.2 Å². The molecule has 0 unspecified atom stereocenters. The topological polar surface area (TPSA) is 55.1 Å². The Morgan fingerprint density at radius 3 is 2.57 bits per heavy atom. The van der Waals surface area contributed by atoms with Crippen LogP contribution in [-0.4, -0.2) is 10.9 Å². The zero-order chi connectivity index (χ0) is 14.0. The molecule has 4 nitrogen and oxygen atoms in total. The molecular weight excluding hydrogens is 264 g/mol. The van der Waals surface area contributed by atoms with Gasteiger partial charge < -0.3 is 9.73 Å². The van der Waals surface area contributed by atoms with Crippen molar-refractivity contribution in [3.8, 4) is 11.3 Å². The number of nitrogens with one attached hydrogen (secondary N) is 1. The van der Waals surface area contributed by atoms with Gasteiger partial charge in [-0.2, -0.15) is 0 Å². The second kappa shape index (κ2) is 3.75. The van der Waals surface area contributed by atoms with Crippen molar-refractivity contribution in [2.75, 3.05) is 5.32 Å². The molecule has 1 amide bonds. The molecule has 3 fully saturated rings. The number of nitrogens with zero attached hydrogens (tertiary/aromatic N) is 1. The highest BCUT2D eigenvalue weighted by Gasteiger charge is 2.74. The highest BCUT2D eigenvalue weighted by molar-refractivity contribution is 6.00. The monoisotopic (exact) mass is 280 g/mol. The van der Waals surface area contributed by atoms with Crippen molar-refractivity contribution in [1.82, 2.24) is 4.98 Å². The largest absolute Gasteiger partial charge is 0.440 e. The van der Waals surface area contributed by atoms with Crippen LogP contribution in [0.3, 0.4) is 0 Å². The lowest BCUT2D eigenvalue weighted by Gasteiger charge is -2.07. The van der Waals surface area contributed by atoms with Crippen LogP contribution >= 0.6 is 0 Å². The smallest absolute Gasteiger partial charge is 0.230 e. The van der Waals surface area contributed by atoms with Crippen LogP contribution in [-0.2, 0) is 4.79 Å². The first kappa shape index (κ1) is 11.5. The third-order valence-corrected chi connectivity index (χ3v) is 5.01. The number of anilines is 1. The zero-order valence-electron chi connectivity index (χ0n) is 11.6. The van der Waals surface area contributed by atoms with Crippen molar-refractivity contribution in [1.29, 1.82) is 0 Å². The van der Waals surface area contributed by atoms with E-state index in [1.54, 1.807) is 6.20 Å². The van der Waals surface area contributed by atoms with Crippen molar-refractivity contribution < 1.29 is 9.21 Å². The lowest BCUT2D eigenvalue weighted by atomic mass is 10.1. The molecule has 0 aliphatic heterocycles. The van der Waals surface area contributed by atoms with Gasteiger partial charge in [0.2, 0.25) is 5.91 Å². The highest BCUT2D eigenvalue weighted by atomic mass is 16.4. The van der Waals surface area contributed by atoms with Crippen LogP contribution in [0.25, 0.3) is 11.3 Å². The Morgan fingerprint density at radius 2 is 1.95 bits per heavy atom. The molecule has 1 aromatic carbocycles. The first-order valence-corrected chi connectivity index (χ1v) is 7.62. The van der Waals surface area contributed by atoms with Crippen LogP contribution in [0, 0.1) is 11.3 Å². The lowest BCUT2D eigenvalue weighted by Crippen LogP contribution is -2.17. The van der Waals surface area contributed by atoms with Gasteiger partial charge in [0.15, 0.2) is 11.7 Å². The van der Waals surface area contributed by atoms with E-state index in [0.717, 1.165) is 35.7 Å². The van der Waals surface area contributed by atoms with E-state index in [9.17, 15) is 4.79 Å². The van der Waals surface area contributed by atoms with Gasteiger partial charge in [0.05, 0.1) is 11.6 Å². The van der Waals surface area contributed by atoms with Crippen LogP contribution in [0.1, 0.15) is 37.5 Å². The van der Waals surface area contributed by atoms with Crippen molar-refractivity contribution >= 4 is 11.6 Å². The van der Waals surface area contributed by atoms with Gasteiger partial charge in [0.1, 0.15) is 0 Å². The quantitative estimate of drug-likeness (QED) is 0.931. The Hall–Kier alpha value is -2.10. The van der Waals surface area contributed by atoms with E-state index in [2.05, 4.69) is 10.3 Å². The normalized spacial score (nSPS) is 28.9. The molecule has 0 spiro atoms. The van der Waals surface area contributed by atoms with E-state index < -0.39 is 0 Å². The lowest BCUT2D eigenvalue weighted by molar-refractivity contribution is -0.119. The maximum Gasteiger partial charge on any atom is 0.230 e. The third-order valence-electron chi connectivity index (χ3n) is 5.01. The van der Waals surface area contributed by atoms with Crippen LogP contribution in [0.5, 0.6) is 0 Å². The number of rotatable bonds is 4. The average molecular weight is 280 g/mol. The molecule has 1 N–H and O–H groups in total. The summed E-state index contributed by atoms with van der Waals surface area (Å²) in [6.45, 7) is 0. The number of hydrogen-bond donors (Lipinski definition) is 1. The number of carbonyl (C=O) groups is 1. The number of aromatic nitrogens is 1. The Labute approximate surface area is 122 Å². The molecule has 3 aliphatic rings. The minimum absolute atomic E-state index is 0.0166. The molecular formula is C17H16N2O2. The Bertz CT molecular complexity index is 722. The van der Waals surface area contributed by atoms with E-state index in [0.29, 0.717) is 11.8 Å². The summed E-state index contributed by atoms with van der Waals surface area (Å²) < 4.78 is 5.79. The summed E-state index contributed by atoms with van der Waals surface area (Å²) in [5, 5.41) is 3.01. The Kier molecular flexibility index (Phi) is 2.06. The second-order valence-corrected chi connectivity index (χ2v) is 6.63. The first-order chi connectivity index (χ1) is 10.2. The summed E-state index contributed by atoms with van der Waals surface area (Å²) >= 11 is 0. The molecule has 3 saturated carbocycles. The molecule has 5 rings (SSSR count). The molecule has 0 radical (unpaired) electrons. The van der Waals surface area contributed by atoms with Crippen molar-refractivity contribution in [3.05, 3.63) is 36.4 Å². The van der Waals surface area contributed by atoms with Gasteiger partial charge in [-0.3, -0.25) is 4.79 Å². The first-order valence-electron chi connectivity index (χ1n) is 7.62.